The molecular formula is C8H11BrN2O2. The van der Waals surface area contributed by atoms with Crippen LogP contribution in [-0.2, 0) is 0 Å². The summed E-state index contributed by atoms with van der Waals surface area (Å²) in [6, 6.07) is -0.411. The Morgan fingerprint density at radius 2 is 2.31 bits per heavy atom. The van der Waals surface area contributed by atoms with Crippen LogP contribution < -0.4 is 11.2 Å². The van der Waals surface area contributed by atoms with E-state index in [1.165, 1.54) is 0 Å². The van der Waals surface area contributed by atoms with Crippen molar-refractivity contribution in [2.24, 2.45) is 5.73 Å². The largest absolute Gasteiger partial charge is 0.396 e. The van der Waals surface area contributed by atoms with Crippen LogP contribution in [0.25, 0.3) is 0 Å². The molecule has 0 spiro atoms. The molecule has 0 aliphatic rings. The Labute approximate surface area is 83.9 Å². The lowest BCUT2D eigenvalue weighted by Crippen LogP contribution is -2.21. The highest BCUT2D eigenvalue weighted by Crippen LogP contribution is 2.10. The summed E-state index contributed by atoms with van der Waals surface area (Å²) < 4.78 is 0.457. The van der Waals surface area contributed by atoms with Gasteiger partial charge in [-0.15, -0.1) is 0 Å². The van der Waals surface area contributed by atoms with E-state index in [-0.39, 0.29) is 12.0 Å². The highest BCUT2D eigenvalue weighted by molar-refractivity contribution is 9.10. The van der Waals surface area contributed by atoms with Crippen LogP contribution >= 0.6 is 15.9 Å². The molecule has 1 heterocycles. The van der Waals surface area contributed by atoms with Gasteiger partial charge in [-0.25, -0.2) is 0 Å². The van der Waals surface area contributed by atoms with Crippen molar-refractivity contribution in [3.63, 3.8) is 0 Å². The second kappa shape index (κ2) is 4.55. The SMILES string of the molecule is NC(CCO)c1c[nH]cc(Br)c1=O. The quantitative estimate of drug-likeness (QED) is 0.728. The average Bonchev–Trinajstić information content (AvgIpc) is 2.10. The molecule has 72 valence electrons. The maximum absolute atomic E-state index is 11.5. The molecule has 0 radical (unpaired) electrons. The summed E-state index contributed by atoms with van der Waals surface area (Å²) in [7, 11) is 0. The van der Waals surface area contributed by atoms with Crippen LogP contribution in [0, 0.1) is 0 Å². The minimum absolute atomic E-state index is 0.0207. The fourth-order valence-corrected chi connectivity index (χ4v) is 1.40. The molecule has 1 aromatic rings. The summed E-state index contributed by atoms with van der Waals surface area (Å²) in [5, 5.41) is 8.65. The first-order chi connectivity index (χ1) is 6.16. The predicted octanol–water partition coefficient (Wildman–Crippen LogP) is 0.520. The molecular weight excluding hydrogens is 236 g/mol. The second-order valence-electron chi connectivity index (χ2n) is 2.71. The van der Waals surface area contributed by atoms with Crippen LogP contribution in [-0.4, -0.2) is 16.7 Å². The van der Waals surface area contributed by atoms with Crippen LogP contribution in [0.15, 0.2) is 21.7 Å². The minimum Gasteiger partial charge on any atom is -0.396 e. The Morgan fingerprint density at radius 3 is 2.92 bits per heavy atom. The van der Waals surface area contributed by atoms with Gasteiger partial charge in [0.2, 0.25) is 0 Å². The van der Waals surface area contributed by atoms with Gasteiger partial charge in [-0.05, 0) is 22.4 Å². The highest BCUT2D eigenvalue weighted by atomic mass is 79.9. The number of aliphatic hydroxyl groups excluding tert-OH is 1. The zero-order valence-electron chi connectivity index (χ0n) is 6.96. The number of aromatic amines is 1. The molecule has 0 aliphatic carbocycles. The highest BCUT2D eigenvalue weighted by Gasteiger charge is 2.10. The van der Waals surface area contributed by atoms with E-state index in [0.29, 0.717) is 16.5 Å². The Bertz CT molecular complexity index is 337. The maximum atomic E-state index is 11.5. The number of H-pyrrole nitrogens is 1. The summed E-state index contributed by atoms with van der Waals surface area (Å²) in [6.45, 7) is -0.0207. The lowest BCUT2D eigenvalue weighted by molar-refractivity contribution is 0.276. The smallest absolute Gasteiger partial charge is 0.200 e. The lowest BCUT2D eigenvalue weighted by atomic mass is 10.1. The van der Waals surface area contributed by atoms with Crippen molar-refractivity contribution >= 4 is 15.9 Å². The van der Waals surface area contributed by atoms with Gasteiger partial charge >= 0.3 is 0 Å². The number of hydrogen-bond acceptors (Lipinski definition) is 3. The number of rotatable bonds is 3. The molecule has 5 heteroatoms. The zero-order chi connectivity index (χ0) is 9.84. The molecule has 0 saturated heterocycles. The third-order valence-corrected chi connectivity index (χ3v) is 2.36. The van der Waals surface area contributed by atoms with Crippen LogP contribution in [0.3, 0.4) is 0 Å². The molecule has 0 fully saturated rings. The number of pyridine rings is 1. The van der Waals surface area contributed by atoms with Gasteiger partial charge in [-0.1, -0.05) is 0 Å². The molecule has 4 nitrogen and oxygen atoms in total. The standard InChI is InChI=1S/C8H11BrN2O2/c9-6-4-11-3-5(8(6)13)7(10)1-2-12/h3-4,7,12H,1-2,10H2,(H,11,13). The van der Waals surface area contributed by atoms with Crippen LogP contribution in [0.1, 0.15) is 18.0 Å². The Morgan fingerprint density at radius 1 is 1.62 bits per heavy atom. The van der Waals surface area contributed by atoms with E-state index in [1.54, 1.807) is 12.4 Å². The molecule has 1 unspecified atom stereocenters. The van der Waals surface area contributed by atoms with Crippen molar-refractivity contribution in [3.05, 3.63) is 32.7 Å². The summed E-state index contributed by atoms with van der Waals surface area (Å²) in [5.74, 6) is 0. The van der Waals surface area contributed by atoms with Gasteiger partial charge in [0.1, 0.15) is 0 Å². The monoisotopic (exact) mass is 246 g/mol. The molecule has 1 rings (SSSR count). The maximum Gasteiger partial charge on any atom is 0.200 e. The minimum atomic E-state index is -0.411. The molecule has 1 atom stereocenters. The van der Waals surface area contributed by atoms with Crippen LogP contribution in [0.4, 0.5) is 0 Å². The molecule has 0 aliphatic heterocycles. The second-order valence-corrected chi connectivity index (χ2v) is 3.56. The van der Waals surface area contributed by atoms with Gasteiger partial charge < -0.3 is 15.8 Å². The number of nitrogens with one attached hydrogen (secondary N) is 1. The molecule has 0 saturated carbocycles. The third-order valence-electron chi connectivity index (χ3n) is 1.77. The van der Waals surface area contributed by atoms with E-state index in [0.717, 1.165) is 0 Å². The Balaban J connectivity index is 3.01. The van der Waals surface area contributed by atoms with Crippen molar-refractivity contribution in [1.29, 1.82) is 0 Å². The van der Waals surface area contributed by atoms with Gasteiger partial charge in [0.05, 0.1) is 4.47 Å². The van der Waals surface area contributed by atoms with E-state index in [2.05, 4.69) is 20.9 Å². The first-order valence-corrected chi connectivity index (χ1v) is 4.69. The van der Waals surface area contributed by atoms with Crippen molar-refractivity contribution in [1.82, 2.24) is 4.98 Å². The van der Waals surface area contributed by atoms with Gasteiger partial charge in [-0.3, -0.25) is 4.79 Å². The fourth-order valence-electron chi connectivity index (χ4n) is 1.04. The van der Waals surface area contributed by atoms with E-state index in [9.17, 15) is 4.79 Å². The van der Waals surface area contributed by atoms with Crippen LogP contribution in [0.5, 0.6) is 0 Å². The third kappa shape index (κ3) is 2.40. The zero-order valence-corrected chi connectivity index (χ0v) is 8.54. The topological polar surface area (TPSA) is 79.1 Å². The summed E-state index contributed by atoms with van der Waals surface area (Å²) >= 11 is 3.10. The summed E-state index contributed by atoms with van der Waals surface area (Å²) in [5.41, 5.74) is 6.04. The molecule has 1 aromatic heterocycles. The summed E-state index contributed by atoms with van der Waals surface area (Å²) in [4.78, 5) is 14.3. The first-order valence-electron chi connectivity index (χ1n) is 3.89. The fraction of sp³-hybridized carbons (Fsp3) is 0.375. The lowest BCUT2D eigenvalue weighted by Gasteiger charge is -2.08. The molecule has 4 N–H and O–H groups in total. The van der Waals surface area contributed by atoms with Crippen molar-refractivity contribution in [2.75, 3.05) is 6.61 Å². The van der Waals surface area contributed by atoms with E-state index >= 15 is 0 Å². The first kappa shape index (κ1) is 10.4. The average molecular weight is 247 g/mol. The predicted molar refractivity (Wildman–Crippen MR) is 53.4 cm³/mol. The summed E-state index contributed by atoms with van der Waals surface area (Å²) in [6.07, 6.45) is 3.50. The Kier molecular flexibility index (Phi) is 3.65. The van der Waals surface area contributed by atoms with Crippen LogP contribution in [0.2, 0.25) is 0 Å². The number of nitrogens with two attached hydrogens (primary N) is 1. The van der Waals surface area contributed by atoms with Gasteiger partial charge in [0, 0.05) is 30.6 Å². The van der Waals surface area contributed by atoms with Gasteiger partial charge in [0.15, 0.2) is 5.43 Å². The van der Waals surface area contributed by atoms with E-state index < -0.39 is 6.04 Å². The van der Waals surface area contributed by atoms with E-state index in [1.807, 2.05) is 0 Å². The van der Waals surface area contributed by atoms with Gasteiger partial charge in [0.25, 0.3) is 0 Å². The van der Waals surface area contributed by atoms with Crippen molar-refractivity contribution in [2.45, 2.75) is 12.5 Å². The normalized spacial score (nSPS) is 12.8. The van der Waals surface area contributed by atoms with Crippen molar-refractivity contribution in [3.8, 4) is 0 Å². The molecule has 0 amide bonds. The van der Waals surface area contributed by atoms with Gasteiger partial charge in [-0.2, -0.15) is 0 Å². The molecule has 13 heavy (non-hydrogen) atoms. The molecule has 0 bridgehead atoms. The van der Waals surface area contributed by atoms with E-state index in [4.69, 9.17) is 10.8 Å². The number of halogens is 1. The van der Waals surface area contributed by atoms with Crippen molar-refractivity contribution < 1.29 is 5.11 Å². The number of aromatic nitrogens is 1. The number of hydrogen-bond donors (Lipinski definition) is 3. The molecule has 0 aromatic carbocycles. The Hall–Kier alpha value is -0.650. The number of aliphatic hydroxyl groups is 1.